The number of nitro benzene ring substituents is 1. The van der Waals surface area contributed by atoms with Crippen LogP contribution in [0.1, 0.15) is 25.3 Å². The molecule has 3 rings (SSSR count). The van der Waals surface area contributed by atoms with E-state index in [2.05, 4.69) is 12.0 Å². The lowest BCUT2D eigenvalue weighted by atomic mass is 10.1. The highest BCUT2D eigenvalue weighted by Crippen LogP contribution is 2.37. The number of hydrogen-bond donors (Lipinski definition) is 2. The van der Waals surface area contributed by atoms with Gasteiger partial charge in [-0.05, 0) is 25.8 Å². The van der Waals surface area contributed by atoms with E-state index >= 15 is 0 Å². The Morgan fingerprint density at radius 2 is 2.10 bits per heavy atom. The molecule has 2 fully saturated rings. The number of ether oxygens (including phenoxy) is 1. The number of carbonyl (C=O) groups is 1. The van der Waals surface area contributed by atoms with Gasteiger partial charge in [-0.2, -0.15) is 0 Å². The Hall–Kier alpha value is -2.65. The second kappa shape index (κ2) is 9.44. The molecule has 1 aromatic rings. The predicted molar refractivity (Wildman–Crippen MR) is 115 cm³/mol. The maximum Gasteiger partial charge on any atom is 0.343 e. The molecule has 0 amide bonds. The molecule has 0 atom stereocenters. The summed E-state index contributed by atoms with van der Waals surface area (Å²) in [4.78, 5) is 31.1. The summed E-state index contributed by atoms with van der Waals surface area (Å²) in [6.07, 6.45) is 3.10. The second-order valence-electron chi connectivity index (χ2n) is 7.51. The molecule has 2 aliphatic rings. The minimum atomic E-state index is -0.760. The highest BCUT2D eigenvalue weighted by molar-refractivity contribution is 6.33. The van der Waals surface area contributed by atoms with Gasteiger partial charge in [-0.3, -0.25) is 15.1 Å². The van der Waals surface area contributed by atoms with Crippen molar-refractivity contribution in [3.63, 3.8) is 0 Å². The molecular weight excluding hydrogens is 412 g/mol. The molecule has 2 N–H and O–H groups in total. The Balaban J connectivity index is 2.04. The van der Waals surface area contributed by atoms with Crippen LogP contribution in [0.25, 0.3) is 5.76 Å². The van der Waals surface area contributed by atoms with Gasteiger partial charge in [0.2, 0.25) is 0 Å². The lowest BCUT2D eigenvalue weighted by Crippen LogP contribution is -3.12. The first-order valence-electron chi connectivity index (χ1n) is 9.99. The summed E-state index contributed by atoms with van der Waals surface area (Å²) in [5.74, 6) is -1.25. The van der Waals surface area contributed by atoms with Gasteiger partial charge in [-0.25, -0.2) is 4.79 Å². The van der Waals surface area contributed by atoms with Crippen LogP contribution in [-0.4, -0.2) is 68.1 Å². The maximum absolute atomic E-state index is 12.3. The van der Waals surface area contributed by atoms with Crippen LogP contribution in [0, 0.1) is 10.1 Å². The van der Waals surface area contributed by atoms with Crippen LogP contribution in [0.15, 0.2) is 22.7 Å². The molecular formula is C20H26ClN4O5+. The quantitative estimate of drug-likeness (QED) is 0.168. The number of hydrogen-bond acceptors (Lipinski definition) is 7. The van der Waals surface area contributed by atoms with Gasteiger partial charge < -0.3 is 19.6 Å². The van der Waals surface area contributed by atoms with E-state index < -0.39 is 16.7 Å². The molecule has 162 valence electrons. The maximum atomic E-state index is 12.3. The van der Waals surface area contributed by atoms with Gasteiger partial charge in [-0.1, -0.05) is 11.6 Å². The first-order valence-corrected chi connectivity index (χ1v) is 10.4. The lowest BCUT2D eigenvalue weighted by molar-refractivity contribution is -0.880. The van der Waals surface area contributed by atoms with Crippen molar-refractivity contribution < 1.29 is 24.5 Å². The number of aliphatic hydroxyl groups is 1. The number of quaternary nitrogens is 1. The van der Waals surface area contributed by atoms with Crippen LogP contribution in [0.2, 0.25) is 5.02 Å². The Morgan fingerprint density at radius 3 is 2.67 bits per heavy atom. The number of aliphatic hydroxyl groups excluding tert-OH is 1. The zero-order valence-corrected chi connectivity index (χ0v) is 17.8. The van der Waals surface area contributed by atoms with Gasteiger partial charge in [0.25, 0.3) is 5.69 Å². The van der Waals surface area contributed by atoms with E-state index in [1.165, 1.54) is 23.2 Å². The summed E-state index contributed by atoms with van der Waals surface area (Å²) in [5, 5.41) is 22.7. The Bertz CT molecular complexity index is 889. The number of nitrogens with zero attached hydrogens (tertiary/aromatic N) is 3. The van der Waals surface area contributed by atoms with Crippen molar-refractivity contribution in [2.75, 3.05) is 44.7 Å². The highest BCUT2D eigenvalue weighted by atomic mass is 35.5. The molecule has 1 aliphatic heterocycles. The van der Waals surface area contributed by atoms with Gasteiger partial charge in [0, 0.05) is 17.8 Å². The van der Waals surface area contributed by atoms with Crippen molar-refractivity contribution in [3.05, 3.63) is 38.4 Å². The standard InChI is InChI=1S/C20H25ClN4O5/c1-3-30-20(27)15(12-22-13-4-5-13)19(26)14-10-18(25(28)29)17(11-16(14)21)24-8-6-23(2)7-9-24/h10-13,26H,3-9H2,1-2H3/p+1. The van der Waals surface area contributed by atoms with E-state index in [-0.39, 0.29) is 34.5 Å². The fourth-order valence-electron chi connectivity index (χ4n) is 3.23. The highest BCUT2D eigenvalue weighted by Gasteiger charge is 2.28. The van der Waals surface area contributed by atoms with Crippen LogP contribution in [0.3, 0.4) is 0 Å². The monoisotopic (exact) mass is 437 g/mol. The van der Waals surface area contributed by atoms with Crippen molar-refractivity contribution in [2.24, 2.45) is 4.99 Å². The topological polar surface area (TPSA) is 110 Å². The van der Waals surface area contributed by atoms with Gasteiger partial charge in [0.05, 0.1) is 55.8 Å². The average Bonchev–Trinajstić information content (AvgIpc) is 3.53. The molecule has 0 bridgehead atoms. The van der Waals surface area contributed by atoms with Crippen LogP contribution in [0.5, 0.6) is 0 Å². The van der Waals surface area contributed by atoms with E-state index in [0.717, 1.165) is 25.9 Å². The number of nitro groups is 1. The Morgan fingerprint density at radius 1 is 1.43 bits per heavy atom. The molecule has 0 aromatic heterocycles. The third-order valence-corrected chi connectivity index (χ3v) is 5.50. The first kappa shape index (κ1) is 22.0. The second-order valence-corrected chi connectivity index (χ2v) is 7.92. The number of anilines is 1. The number of piperazine rings is 1. The molecule has 10 heteroatoms. The average molecular weight is 438 g/mol. The lowest BCUT2D eigenvalue weighted by Gasteiger charge is -2.31. The van der Waals surface area contributed by atoms with E-state index in [1.807, 2.05) is 4.90 Å². The zero-order valence-electron chi connectivity index (χ0n) is 17.1. The summed E-state index contributed by atoms with van der Waals surface area (Å²) < 4.78 is 5.01. The van der Waals surface area contributed by atoms with Crippen molar-refractivity contribution >= 4 is 40.9 Å². The summed E-state index contributed by atoms with van der Waals surface area (Å²) in [6.45, 7) is 4.79. The first-order chi connectivity index (χ1) is 14.3. The smallest absolute Gasteiger partial charge is 0.343 e. The fraction of sp³-hybridized carbons (Fsp3) is 0.500. The van der Waals surface area contributed by atoms with Gasteiger partial charge in [0.15, 0.2) is 0 Å². The van der Waals surface area contributed by atoms with E-state index in [9.17, 15) is 20.0 Å². The van der Waals surface area contributed by atoms with Crippen molar-refractivity contribution in [3.8, 4) is 0 Å². The molecule has 1 saturated carbocycles. The number of carbonyl (C=O) groups excluding carboxylic acids is 1. The van der Waals surface area contributed by atoms with Crippen LogP contribution in [-0.2, 0) is 9.53 Å². The number of nitrogens with one attached hydrogen (secondary N) is 1. The van der Waals surface area contributed by atoms with Crippen molar-refractivity contribution in [1.82, 2.24) is 0 Å². The molecule has 1 heterocycles. The molecule has 30 heavy (non-hydrogen) atoms. The van der Waals surface area contributed by atoms with E-state index in [4.69, 9.17) is 16.3 Å². The summed E-state index contributed by atoms with van der Waals surface area (Å²) >= 11 is 6.40. The minimum absolute atomic E-state index is 0.00262. The molecule has 1 saturated heterocycles. The van der Waals surface area contributed by atoms with Crippen LogP contribution < -0.4 is 9.80 Å². The number of likely N-dealkylation sites (N-methyl/N-ethyl adjacent to an activating group) is 1. The van der Waals surface area contributed by atoms with E-state index in [1.54, 1.807) is 6.92 Å². The van der Waals surface area contributed by atoms with E-state index in [0.29, 0.717) is 18.8 Å². The fourth-order valence-corrected chi connectivity index (χ4v) is 3.48. The molecule has 0 unspecified atom stereocenters. The minimum Gasteiger partial charge on any atom is -0.506 e. The number of halogens is 1. The molecule has 0 spiro atoms. The normalized spacial score (nSPS) is 18.4. The number of aliphatic imine (C=N–C) groups is 1. The largest absolute Gasteiger partial charge is 0.506 e. The van der Waals surface area contributed by atoms with Crippen LogP contribution in [0.4, 0.5) is 11.4 Å². The van der Waals surface area contributed by atoms with Gasteiger partial charge >= 0.3 is 5.97 Å². The predicted octanol–water partition coefficient (Wildman–Crippen LogP) is 1.65. The number of rotatable bonds is 7. The number of esters is 1. The summed E-state index contributed by atoms with van der Waals surface area (Å²) in [7, 11) is 2.07. The number of benzene rings is 1. The van der Waals surface area contributed by atoms with Crippen molar-refractivity contribution in [2.45, 2.75) is 25.8 Å². The van der Waals surface area contributed by atoms with Gasteiger partial charge in [-0.15, -0.1) is 0 Å². The third kappa shape index (κ3) is 5.09. The molecule has 1 aromatic carbocycles. The molecule has 0 radical (unpaired) electrons. The Labute approximate surface area is 179 Å². The zero-order chi connectivity index (χ0) is 21.8. The van der Waals surface area contributed by atoms with Gasteiger partial charge in [0.1, 0.15) is 17.0 Å². The summed E-state index contributed by atoms with van der Waals surface area (Å²) in [5.41, 5.74) is 0.0503. The van der Waals surface area contributed by atoms with Crippen molar-refractivity contribution in [1.29, 1.82) is 0 Å². The third-order valence-electron chi connectivity index (χ3n) is 5.19. The SMILES string of the molecule is CCOC(=O)C(C=NC1CC1)=C(O)c1cc([N+](=O)[O-])c(N2CC[NH+](C)CC2)cc1Cl. The Kier molecular flexibility index (Phi) is 6.94. The van der Waals surface area contributed by atoms with Crippen LogP contribution >= 0.6 is 11.6 Å². The molecule has 1 aliphatic carbocycles. The summed E-state index contributed by atoms with van der Waals surface area (Å²) in [6, 6.07) is 2.81. The molecule has 9 nitrogen and oxygen atoms in total.